The highest BCUT2D eigenvalue weighted by Crippen LogP contribution is 2.20. The molecule has 0 aliphatic carbocycles. The zero-order valence-corrected chi connectivity index (χ0v) is 7.14. The van der Waals surface area contributed by atoms with Gasteiger partial charge in [0.15, 0.2) is 0 Å². The van der Waals surface area contributed by atoms with Crippen LogP contribution in [-0.4, -0.2) is 12.6 Å². The van der Waals surface area contributed by atoms with Gasteiger partial charge in [-0.15, -0.1) is 0 Å². The number of cyclic esters (lactones) is 1. The average molecular weight is 156 g/mol. The van der Waals surface area contributed by atoms with E-state index >= 15 is 0 Å². The van der Waals surface area contributed by atoms with Crippen molar-refractivity contribution in [3.05, 3.63) is 0 Å². The molecule has 0 aromatic carbocycles. The van der Waals surface area contributed by atoms with Crippen molar-refractivity contribution >= 4 is 5.97 Å². The molecule has 1 atom stereocenters. The van der Waals surface area contributed by atoms with Crippen LogP contribution in [0.1, 0.15) is 39.0 Å². The lowest BCUT2D eigenvalue weighted by atomic mass is 10.0. The zero-order chi connectivity index (χ0) is 8.10. The average Bonchev–Trinajstić information content (AvgIpc) is 2.37. The number of esters is 1. The molecular weight excluding hydrogens is 140 g/mol. The number of ether oxygens (including phenoxy) is 1. The number of unbranched alkanes of at least 4 members (excludes halogenated alkanes) is 2. The van der Waals surface area contributed by atoms with Crippen LogP contribution in [-0.2, 0) is 9.53 Å². The molecule has 0 unspecified atom stereocenters. The zero-order valence-electron chi connectivity index (χ0n) is 7.14. The van der Waals surface area contributed by atoms with Crippen LogP contribution >= 0.6 is 0 Å². The first-order valence-corrected chi connectivity index (χ1v) is 4.48. The van der Waals surface area contributed by atoms with E-state index in [1.165, 1.54) is 25.7 Å². The highest BCUT2D eigenvalue weighted by atomic mass is 16.5. The largest absolute Gasteiger partial charge is 0.465 e. The summed E-state index contributed by atoms with van der Waals surface area (Å²) in [5.41, 5.74) is 0. The van der Waals surface area contributed by atoms with Gasteiger partial charge in [-0.1, -0.05) is 26.2 Å². The van der Waals surface area contributed by atoms with E-state index in [4.69, 9.17) is 4.74 Å². The van der Waals surface area contributed by atoms with Gasteiger partial charge in [-0.25, -0.2) is 0 Å². The molecule has 2 heteroatoms. The van der Waals surface area contributed by atoms with Crippen LogP contribution in [0.2, 0.25) is 0 Å². The molecule has 0 bridgehead atoms. The second-order valence-corrected chi connectivity index (χ2v) is 3.25. The molecule has 11 heavy (non-hydrogen) atoms. The minimum Gasteiger partial charge on any atom is -0.465 e. The summed E-state index contributed by atoms with van der Waals surface area (Å²) < 4.78 is 4.86. The second-order valence-electron chi connectivity index (χ2n) is 3.25. The van der Waals surface area contributed by atoms with Crippen LogP contribution in [0.5, 0.6) is 0 Å². The quantitative estimate of drug-likeness (QED) is 0.460. The molecule has 0 aromatic rings. The molecule has 0 spiro atoms. The van der Waals surface area contributed by atoms with Gasteiger partial charge in [0.2, 0.25) is 0 Å². The fourth-order valence-electron chi connectivity index (χ4n) is 1.43. The lowest BCUT2D eigenvalue weighted by Crippen LogP contribution is -1.98. The van der Waals surface area contributed by atoms with E-state index in [0.717, 1.165) is 0 Å². The van der Waals surface area contributed by atoms with Crippen molar-refractivity contribution in [2.75, 3.05) is 6.61 Å². The van der Waals surface area contributed by atoms with Gasteiger partial charge in [0.25, 0.3) is 0 Å². The molecule has 1 fully saturated rings. The third-order valence-electron chi connectivity index (χ3n) is 2.15. The van der Waals surface area contributed by atoms with Crippen LogP contribution in [0.4, 0.5) is 0 Å². The Hall–Kier alpha value is -0.530. The summed E-state index contributed by atoms with van der Waals surface area (Å²) in [5.74, 6) is 0.514. The van der Waals surface area contributed by atoms with Gasteiger partial charge in [-0.3, -0.25) is 4.79 Å². The minimum absolute atomic E-state index is 0.00787. The standard InChI is InChI=1S/C9H16O2/c1-2-3-4-5-8-6-9(10)11-7-8/h8H,2-7H2,1H3/t8-/m1/s1. The fraction of sp³-hybridized carbons (Fsp3) is 0.889. The highest BCUT2D eigenvalue weighted by Gasteiger charge is 2.22. The van der Waals surface area contributed by atoms with Gasteiger partial charge in [-0.2, -0.15) is 0 Å². The SMILES string of the molecule is CCCCC[C@H]1COC(=O)C1. The van der Waals surface area contributed by atoms with Crippen molar-refractivity contribution in [1.29, 1.82) is 0 Å². The van der Waals surface area contributed by atoms with Gasteiger partial charge in [0.1, 0.15) is 0 Å². The van der Waals surface area contributed by atoms with Gasteiger partial charge in [0.05, 0.1) is 13.0 Å². The molecule has 2 nitrogen and oxygen atoms in total. The Balaban J connectivity index is 2.04. The molecule has 0 saturated carbocycles. The van der Waals surface area contributed by atoms with E-state index in [-0.39, 0.29) is 5.97 Å². The van der Waals surface area contributed by atoms with E-state index < -0.39 is 0 Å². The summed E-state index contributed by atoms with van der Waals surface area (Å²) in [7, 11) is 0. The predicted molar refractivity (Wildman–Crippen MR) is 43.2 cm³/mol. The molecule has 0 N–H and O–H groups in total. The number of hydrogen-bond acceptors (Lipinski definition) is 2. The van der Waals surface area contributed by atoms with E-state index in [1.54, 1.807) is 0 Å². The van der Waals surface area contributed by atoms with Crippen LogP contribution < -0.4 is 0 Å². The minimum atomic E-state index is -0.00787. The Bertz CT molecular complexity index is 132. The van der Waals surface area contributed by atoms with Gasteiger partial charge in [0, 0.05) is 5.92 Å². The maximum Gasteiger partial charge on any atom is 0.306 e. The van der Waals surface area contributed by atoms with Crippen LogP contribution in [0.15, 0.2) is 0 Å². The van der Waals surface area contributed by atoms with Crippen molar-refractivity contribution in [1.82, 2.24) is 0 Å². The Kier molecular flexibility index (Phi) is 3.40. The Morgan fingerprint density at radius 2 is 2.36 bits per heavy atom. The smallest absolute Gasteiger partial charge is 0.306 e. The third kappa shape index (κ3) is 2.91. The maximum atomic E-state index is 10.7. The number of rotatable bonds is 4. The maximum absolute atomic E-state index is 10.7. The van der Waals surface area contributed by atoms with E-state index in [9.17, 15) is 4.79 Å². The molecule has 0 amide bonds. The predicted octanol–water partition coefficient (Wildman–Crippen LogP) is 2.13. The van der Waals surface area contributed by atoms with Crippen molar-refractivity contribution in [2.24, 2.45) is 5.92 Å². The molecule has 1 aliphatic rings. The Morgan fingerprint density at radius 1 is 1.55 bits per heavy atom. The van der Waals surface area contributed by atoms with E-state index in [2.05, 4.69) is 6.92 Å². The summed E-state index contributed by atoms with van der Waals surface area (Å²) in [6.45, 7) is 2.86. The third-order valence-corrected chi connectivity index (χ3v) is 2.15. The van der Waals surface area contributed by atoms with Crippen LogP contribution in [0.25, 0.3) is 0 Å². The molecule has 1 rings (SSSR count). The summed E-state index contributed by atoms with van der Waals surface area (Å²) in [4.78, 5) is 10.7. The molecule has 0 aromatic heterocycles. The molecule has 1 heterocycles. The normalized spacial score (nSPS) is 23.7. The van der Waals surface area contributed by atoms with Gasteiger partial charge in [-0.05, 0) is 6.42 Å². The first-order chi connectivity index (χ1) is 5.33. The highest BCUT2D eigenvalue weighted by molar-refractivity contribution is 5.71. The monoisotopic (exact) mass is 156 g/mol. The fourth-order valence-corrected chi connectivity index (χ4v) is 1.43. The van der Waals surface area contributed by atoms with Crippen molar-refractivity contribution in [3.8, 4) is 0 Å². The Morgan fingerprint density at radius 3 is 2.91 bits per heavy atom. The summed E-state index contributed by atoms with van der Waals surface area (Å²) in [6, 6.07) is 0. The van der Waals surface area contributed by atoms with Gasteiger partial charge < -0.3 is 4.74 Å². The van der Waals surface area contributed by atoms with Gasteiger partial charge >= 0.3 is 5.97 Å². The second kappa shape index (κ2) is 4.37. The summed E-state index contributed by atoms with van der Waals surface area (Å²) in [6.07, 6.45) is 5.60. The van der Waals surface area contributed by atoms with E-state index in [1.807, 2.05) is 0 Å². The Labute approximate surface area is 67.9 Å². The summed E-state index contributed by atoms with van der Waals surface area (Å²) in [5, 5.41) is 0. The van der Waals surface area contributed by atoms with Crippen LogP contribution in [0.3, 0.4) is 0 Å². The van der Waals surface area contributed by atoms with E-state index in [0.29, 0.717) is 18.9 Å². The molecular formula is C9H16O2. The van der Waals surface area contributed by atoms with Crippen molar-refractivity contribution < 1.29 is 9.53 Å². The summed E-state index contributed by atoms with van der Waals surface area (Å²) >= 11 is 0. The first kappa shape index (κ1) is 8.57. The molecule has 0 radical (unpaired) electrons. The van der Waals surface area contributed by atoms with Crippen molar-refractivity contribution in [2.45, 2.75) is 39.0 Å². The number of hydrogen-bond donors (Lipinski definition) is 0. The molecule has 1 saturated heterocycles. The molecule has 64 valence electrons. The van der Waals surface area contributed by atoms with Crippen molar-refractivity contribution in [3.63, 3.8) is 0 Å². The number of carbonyl (C=O) groups excluding carboxylic acids is 1. The number of carbonyl (C=O) groups is 1. The van der Waals surface area contributed by atoms with Crippen LogP contribution in [0, 0.1) is 5.92 Å². The first-order valence-electron chi connectivity index (χ1n) is 4.48. The molecule has 1 aliphatic heterocycles. The lowest BCUT2D eigenvalue weighted by Gasteiger charge is -2.03. The topological polar surface area (TPSA) is 26.3 Å². The lowest BCUT2D eigenvalue weighted by molar-refractivity contribution is -0.137.